The summed E-state index contributed by atoms with van der Waals surface area (Å²) in [5.74, 6) is 0.342. The zero-order chi connectivity index (χ0) is 31.8. The lowest BCUT2D eigenvalue weighted by Gasteiger charge is -2.24. The second-order valence-corrected chi connectivity index (χ2v) is 10.7. The summed E-state index contributed by atoms with van der Waals surface area (Å²) in [4.78, 5) is 53.4. The zero-order valence-electron chi connectivity index (χ0n) is 23.6. The fraction of sp³-hybridized carbons (Fsp3) is 0.167. The van der Waals surface area contributed by atoms with E-state index in [9.17, 15) is 29.8 Å². The molecule has 0 aliphatic carbocycles. The van der Waals surface area contributed by atoms with E-state index in [0.717, 1.165) is 29.5 Å². The van der Waals surface area contributed by atoms with Gasteiger partial charge in [-0.25, -0.2) is 9.79 Å². The number of non-ortho nitro benzene ring substituents is 1. The van der Waals surface area contributed by atoms with Crippen LogP contribution in [0.1, 0.15) is 31.0 Å². The lowest BCUT2D eigenvalue weighted by Crippen LogP contribution is -2.39. The van der Waals surface area contributed by atoms with Gasteiger partial charge in [-0.2, -0.15) is 0 Å². The summed E-state index contributed by atoms with van der Waals surface area (Å²) in [6.45, 7) is 3.52. The fourth-order valence-corrected chi connectivity index (χ4v) is 6.03. The first-order valence-corrected chi connectivity index (χ1v) is 14.3. The number of nitrogens with zero attached hydrogens (tertiary/aromatic N) is 4. The fourth-order valence-electron chi connectivity index (χ4n) is 4.99. The van der Waals surface area contributed by atoms with Crippen molar-refractivity contribution >= 4 is 34.8 Å². The number of allylic oxidation sites excluding steroid dienone is 1. The van der Waals surface area contributed by atoms with E-state index in [-0.39, 0.29) is 35.0 Å². The minimum Gasteiger partial charge on any atom is -0.463 e. The SMILES string of the molecule is CCOC(=O)C1=C(C)N=c2s/c(=C\c3ccccc3Oc3ccc([N+](=O)[O-])cc3[N+](=O)[O-])c(=O)n2[C@@H]1c1ccc2c(c1)OCO2. The van der Waals surface area contributed by atoms with Gasteiger partial charge in [-0.05, 0) is 49.8 Å². The molecular weight excluding hydrogens is 608 g/mol. The van der Waals surface area contributed by atoms with Crippen LogP contribution in [-0.4, -0.2) is 33.8 Å². The first-order chi connectivity index (χ1) is 21.7. The van der Waals surface area contributed by atoms with Gasteiger partial charge in [-0.3, -0.25) is 29.6 Å². The van der Waals surface area contributed by atoms with Gasteiger partial charge in [0.15, 0.2) is 16.3 Å². The van der Waals surface area contributed by atoms with E-state index in [1.54, 1.807) is 62.4 Å². The smallest absolute Gasteiger partial charge is 0.338 e. The molecule has 6 rings (SSSR count). The monoisotopic (exact) mass is 630 g/mol. The van der Waals surface area contributed by atoms with Crippen LogP contribution in [0.5, 0.6) is 23.0 Å². The average molecular weight is 631 g/mol. The van der Waals surface area contributed by atoms with Crippen molar-refractivity contribution in [3.8, 4) is 23.0 Å². The molecule has 0 fully saturated rings. The van der Waals surface area contributed by atoms with Crippen molar-refractivity contribution in [2.24, 2.45) is 4.99 Å². The first-order valence-electron chi connectivity index (χ1n) is 13.4. The number of esters is 1. The molecule has 0 saturated heterocycles. The van der Waals surface area contributed by atoms with Crippen molar-refractivity contribution in [3.05, 3.63) is 123 Å². The van der Waals surface area contributed by atoms with E-state index in [1.807, 2.05) is 0 Å². The summed E-state index contributed by atoms with van der Waals surface area (Å²) in [7, 11) is 0. The maximum Gasteiger partial charge on any atom is 0.338 e. The highest BCUT2D eigenvalue weighted by molar-refractivity contribution is 7.07. The van der Waals surface area contributed by atoms with E-state index < -0.39 is 38.8 Å². The second kappa shape index (κ2) is 11.7. The van der Waals surface area contributed by atoms with Crippen molar-refractivity contribution in [1.82, 2.24) is 4.57 Å². The van der Waals surface area contributed by atoms with Gasteiger partial charge in [0.2, 0.25) is 12.5 Å². The van der Waals surface area contributed by atoms with Gasteiger partial charge in [0, 0.05) is 11.6 Å². The van der Waals surface area contributed by atoms with Crippen LogP contribution in [0.25, 0.3) is 6.08 Å². The Hall–Kier alpha value is -5.83. The van der Waals surface area contributed by atoms with Gasteiger partial charge in [-0.15, -0.1) is 0 Å². The highest BCUT2D eigenvalue weighted by atomic mass is 32.1. The number of nitro benzene ring substituents is 2. The third kappa shape index (κ3) is 5.40. The number of benzene rings is 3. The van der Waals surface area contributed by atoms with Crippen LogP contribution in [0.3, 0.4) is 0 Å². The van der Waals surface area contributed by atoms with Gasteiger partial charge in [0.1, 0.15) is 5.75 Å². The number of fused-ring (bicyclic) bond motifs is 2. The van der Waals surface area contributed by atoms with Crippen LogP contribution in [0.15, 0.2) is 81.7 Å². The number of carbonyl (C=O) groups excluding carboxylic acids is 1. The van der Waals surface area contributed by atoms with E-state index in [0.29, 0.717) is 33.1 Å². The predicted octanol–water partition coefficient (Wildman–Crippen LogP) is 4.14. The molecule has 0 amide bonds. The first kappa shape index (κ1) is 29.3. The van der Waals surface area contributed by atoms with Crippen LogP contribution in [-0.2, 0) is 9.53 Å². The largest absolute Gasteiger partial charge is 0.463 e. The summed E-state index contributed by atoms with van der Waals surface area (Å²) >= 11 is 1.09. The molecule has 4 aromatic rings. The molecule has 0 bridgehead atoms. The molecule has 2 aliphatic rings. The van der Waals surface area contributed by atoms with E-state index >= 15 is 0 Å². The quantitative estimate of drug-likeness (QED) is 0.156. The van der Waals surface area contributed by atoms with Crippen LogP contribution < -0.4 is 29.1 Å². The third-order valence-electron chi connectivity index (χ3n) is 7.00. The number of para-hydroxylation sites is 1. The number of ether oxygens (including phenoxy) is 4. The molecule has 0 N–H and O–H groups in total. The van der Waals surface area contributed by atoms with E-state index in [1.165, 1.54) is 4.57 Å². The minimum absolute atomic E-state index is 0.0473. The Morgan fingerprint density at radius 2 is 1.84 bits per heavy atom. The van der Waals surface area contributed by atoms with Crippen LogP contribution in [0, 0.1) is 20.2 Å². The van der Waals surface area contributed by atoms with Crippen LogP contribution in [0.4, 0.5) is 11.4 Å². The highest BCUT2D eigenvalue weighted by Crippen LogP contribution is 2.39. The molecule has 3 aromatic carbocycles. The number of thiazole rings is 1. The van der Waals surface area contributed by atoms with Gasteiger partial charge in [-0.1, -0.05) is 35.6 Å². The van der Waals surface area contributed by atoms with Crippen LogP contribution in [0.2, 0.25) is 0 Å². The number of hydrogen-bond acceptors (Lipinski definition) is 12. The zero-order valence-corrected chi connectivity index (χ0v) is 24.4. The Balaban J connectivity index is 1.47. The Morgan fingerprint density at radius 1 is 1.07 bits per heavy atom. The van der Waals surface area contributed by atoms with Gasteiger partial charge in [0.05, 0.1) is 44.4 Å². The summed E-state index contributed by atoms with van der Waals surface area (Å²) in [6, 6.07) is 13.9. The predicted molar refractivity (Wildman–Crippen MR) is 159 cm³/mol. The van der Waals surface area contributed by atoms with Crippen molar-refractivity contribution in [1.29, 1.82) is 0 Å². The molecule has 1 atom stereocenters. The lowest BCUT2D eigenvalue weighted by molar-refractivity contribution is -0.394. The van der Waals surface area contributed by atoms with Gasteiger partial charge >= 0.3 is 11.7 Å². The van der Waals surface area contributed by atoms with E-state index in [4.69, 9.17) is 18.9 Å². The maximum atomic E-state index is 14.0. The number of carbonyl (C=O) groups is 1. The molecule has 2 aliphatic heterocycles. The van der Waals surface area contributed by atoms with Gasteiger partial charge < -0.3 is 18.9 Å². The maximum absolute atomic E-state index is 14.0. The number of rotatable bonds is 8. The standard InChI is InChI=1S/C30H22N4O10S/c1-3-41-29(36)26-16(2)31-30-32(27(26)18-8-10-23-24(12-18)43-15-42-23)28(35)25(45-30)13-17-6-4-5-7-21(17)44-22-11-9-19(33(37)38)14-20(22)34(39)40/h4-14,27H,3,15H2,1-2H3/b25-13-/t27-/m1/s1. The number of hydrogen-bond donors (Lipinski definition) is 0. The van der Waals surface area contributed by atoms with Crippen molar-refractivity contribution < 1.29 is 33.6 Å². The Morgan fingerprint density at radius 3 is 2.60 bits per heavy atom. The molecule has 45 heavy (non-hydrogen) atoms. The summed E-state index contributed by atoms with van der Waals surface area (Å²) < 4.78 is 23.8. The summed E-state index contributed by atoms with van der Waals surface area (Å²) in [5, 5.41) is 22.8. The van der Waals surface area contributed by atoms with Crippen molar-refractivity contribution in [2.75, 3.05) is 13.4 Å². The topological polar surface area (TPSA) is 175 Å². The summed E-state index contributed by atoms with van der Waals surface area (Å²) in [5.41, 5.74) is 0.0608. The molecule has 228 valence electrons. The second-order valence-electron chi connectivity index (χ2n) is 9.72. The Labute approximate surface area is 257 Å². The molecule has 3 heterocycles. The molecule has 0 radical (unpaired) electrons. The molecular formula is C30H22N4O10S. The lowest BCUT2D eigenvalue weighted by atomic mass is 9.95. The number of aromatic nitrogens is 1. The molecule has 0 saturated carbocycles. The van der Waals surface area contributed by atoms with Crippen molar-refractivity contribution in [3.63, 3.8) is 0 Å². The summed E-state index contributed by atoms with van der Waals surface area (Å²) in [6.07, 6.45) is 1.55. The Bertz CT molecular complexity index is 2120. The third-order valence-corrected chi connectivity index (χ3v) is 7.99. The number of nitro groups is 2. The Kier molecular flexibility index (Phi) is 7.60. The van der Waals surface area contributed by atoms with Gasteiger partial charge in [0.25, 0.3) is 11.2 Å². The molecule has 0 spiro atoms. The van der Waals surface area contributed by atoms with Crippen LogP contribution >= 0.6 is 11.3 Å². The molecule has 0 unspecified atom stereocenters. The minimum atomic E-state index is -0.883. The molecule has 15 heteroatoms. The average Bonchev–Trinajstić information content (AvgIpc) is 3.60. The van der Waals surface area contributed by atoms with E-state index in [2.05, 4.69) is 4.99 Å². The van der Waals surface area contributed by atoms with Crippen molar-refractivity contribution in [2.45, 2.75) is 19.9 Å². The molecule has 1 aromatic heterocycles. The highest BCUT2D eigenvalue weighted by Gasteiger charge is 2.34. The normalized spacial score (nSPS) is 15.3. The molecule has 14 nitrogen and oxygen atoms in total.